The number of carbonyl (C=O) groups excluding carboxylic acids is 2. The first-order valence-electron chi connectivity index (χ1n) is 10.6. The van der Waals surface area contributed by atoms with Gasteiger partial charge in [0.1, 0.15) is 17.2 Å². The van der Waals surface area contributed by atoms with E-state index in [1.165, 1.54) is 20.3 Å². The molecule has 2 aromatic carbocycles. The fourth-order valence-corrected chi connectivity index (χ4v) is 4.75. The van der Waals surface area contributed by atoms with Crippen LogP contribution >= 0.6 is 0 Å². The molecular weight excluding hydrogens is 408 g/mol. The predicted molar refractivity (Wildman–Crippen MR) is 118 cm³/mol. The minimum Gasteiger partial charge on any atom is -0.496 e. The molecule has 1 saturated heterocycles. The number of methoxy groups -OCH3 is 2. The molecule has 0 radical (unpaired) electrons. The van der Waals surface area contributed by atoms with Gasteiger partial charge in [0.15, 0.2) is 11.9 Å². The standard InChI is InChI=1S/C25H24N2O5/c1-30-21-15-22(31-2)18(14-17(21)16-28)24(29)26-12-9-25(10-13-26)23-8-5-11-27(23)19-6-3-4-7-20(19)32-25/h3-8,11,14-16H,9-10,12-13H2,1-2H3. The van der Waals surface area contributed by atoms with Crippen LogP contribution in [0.1, 0.15) is 39.3 Å². The van der Waals surface area contributed by atoms with Crippen molar-refractivity contribution in [2.45, 2.75) is 18.4 Å². The van der Waals surface area contributed by atoms with Gasteiger partial charge in [0.05, 0.1) is 36.7 Å². The Kier molecular flexibility index (Phi) is 4.89. The summed E-state index contributed by atoms with van der Waals surface area (Å²) in [5.74, 6) is 1.44. The zero-order chi connectivity index (χ0) is 22.3. The van der Waals surface area contributed by atoms with Crippen LogP contribution in [0.4, 0.5) is 0 Å². The number of ether oxygens (including phenoxy) is 3. The molecule has 0 aliphatic carbocycles. The molecule has 32 heavy (non-hydrogen) atoms. The van der Waals surface area contributed by atoms with E-state index in [0.29, 0.717) is 54.8 Å². The number of hydrogen-bond acceptors (Lipinski definition) is 5. The fourth-order valence-electron chi connectivity index (χ4n) is 4.75. The molecule has 0 unspecified atom stereocenters. The third-order valence-electron chi connectivity index (χ3n) is 6.41. The number of amides is 1. The smallest absolute Gasteiger partial charge is 0.257 e. The van der Waals surface area contributed by atoms with Gasteiger partial charge in [-0.25, -0.2) is 0 Å². The van der Waals surface area contributed by atoms with Gasteiger partial charge in [-0.1, -0.05) is 12.1 Å². The van der Waals surface area contributed by atoms with Crippen molar-refractivity contribution in [1.29, 1.82) is 0 Å². The molecule has 3 heterocycles. The number of benzene rings is 2. The first kappa shape index (κ1) is 20.2. The van der Waals surface area contributed by atoms with E-state index >= 15 is 0 Å². The van der Waals surface area contributed by atoms with Crippen LogP contribution in [0.2, 0.25) is 0 Å². The number of piperidine rings is 1. The Morgan fingerprint density at radius 1 is 1.03 bits per heavy atom. The molecule has 164 valence electrons. The summed E-state index contributed by atoms with van der Waals surface area (Å²) in [6, 6.07) is 15.2. The quantitative estimate of drug-likeness (QED) is 0.586. The average Bonchev–Trinajstić information content (AvgIpc) is 3.35. The van der Waals surface area contributed by atoms with Crippen LogP contribution in [0.3, 0.4) is 0 Å². The summed E-state index contributed by atoms with van der Waals surface area (Å²) >= 11 is 0. The summed E-state index contributed by atoms with van der Waals surface area (Å²) in [5.41, 5.74) is 2.32. The van der Waals surface area contributed by atoms with E-state index in [1.54, 1.807) is 11.0 Å². The van der Waals surface area contributed by atoms with Crippen LogP contribution in [-0.4, -0.2) is 49.0 Å². The Morgan fingerprint density at radius 3 is 2.50 bits per heavy atom. The van der Waals surface area contributed by atoms with Crippen LogP contribution in [0.5, 0.6) is 17.2 Å². The van der Waals surface area contributed by atoms with E-state index in [-0.39, 0.29) is 5.91 Å². The van der Waals surface area contributed by atoms with Crippen molar-refractivity contribution in [3.8, 4) is 22.9 Å². The molecule has 0 saturated carbocycles. The van der Waals surface area contributed by atoms with E-state index in [9.17, 15) is 9.59 Å². The summed E-state index contributed by atoms with van der Waals surface area (Å²) in [7, 11) is 2.98. The molecule has 0 atom stereocenters. The molecule has 0 N–H and O–H groups in total. The molecule has 7 nitrogen and oxygen atoms in total. The number of aldehydes is 1. The fraction of sp³-hybridized carbons (Fsp3) is 0.280. The van der Waals surface area contributed by atoms with E-state index in [0.717, 1.165) is 17.1 Å². The highest BCUT2D eigenvalue weighted by atomic mass is 16.5. The first-order valence-corrected chi connectivity index (χ1v) is 10.6. The van der Waals surface area contributed by atoms with Crippen molar-refractivity contribution in [3.05, 3.63) is 71.5 Å². The summed E-state index contributed by atoms with van der Waals surface area (Å²) in [5, 5.41) is 0. The number of para-hydroxylation sites is 2. The van der Waals surface area contributed by atoms with Gasteiger partial charge in [0, 0.05) is 38.2 Å². The van der Waals surface area contributed by atoms with Crippen LogP contribution in [0, 0.1) is 0 Å². The lowest BCUT2D eigenvalue weighted by Gasteiger charge is -2.45. The van der Waals surface area contributed by atoms with Crippen molar-refractivity contribution in [1.82, 2.24) is 9.47 Å². The third-order valence-corrected chi connectivity index (χ3v) is 6.41. The molecule has 2 aliphatic rings. The van der Waals surface area contributed by atoms with E-state index in [2.05, 4.69) is 16.8 Å². The van der Waals surface area contributed by atoms with Crippen molar-refractivity contribution >= 4 is 12.2 Å². The maximum Gasteiger partial charge on any atom is 0.257 e. The number of aromatic nitrogens is 1. The Hall–Kier alpha value is -3.74. The largest absolute Gasteiger partial charge is 0.496 e. The maximum absolute atomic E-state index is 13.4. The summed E-state index contributed by atoms with van der Waals surface area (Å²) in [4.78, 5) is 26.6. The number of hydrogen-bond donors (Lipinski definition) is 0. The lowest BCUT2D eigenvalue weighted by molar-refractivity contribution is -0.00937. The third kappa shape index (κ3) is 3.04. The van der Waals surface area contributed by atoms with Crippen molar-refractivity contribution < 1.29 is 23.8 Å². The van der Waals surface area contributed by atoms with Crippen LogP contribution in [0.15, 0.2) is 54.7 Å². The minimum atomic E-state index is -0.480. The van der Waals surface area contributed by atoms with E-state index in [1.807, 2.05) is 30.3 Å². The summed E-state index contributed by atoms with van der Waals surface area (Å²) in [6.45, 7) is 1.05. The van der Waals surface area contributed by atoms with Gasteiger partial charge in [-0.2, -0.15) is 0 Å². The molecule has 1 aromatic heterocycles. The highest BCUT2D eigenvalue weighted by molar-refractivity contribution is 5.99. The topological polar surface area (TPSA) is 70.0 Å². The van der Waals surface area contributed by atoms with Crippen LogP contribution < -0.4 is 14.2 Å². The molecule has 0 bridgehead atoms. The zero-order valence-corrected chi connectivity index (χ0v) is 18.0. The highest BCUT2D eigenvalue weighted by Gasteiger charge is 2.44. The van der Waals surface area contributed by atoms with E-state index in [4.69, 9.17) is 14.2 Å². The van der Waals surface area contributed by atoms with Crippen molar-refractivity contribution in [3.63, 3.8) is 0 Å². The van der Waals surface area contributed by atoms with E-state index < -0.39 is 5.60 Å². The predicted octanol–water partition coefficient (Wildman–Crippen LogP) is 3.83. The molecule has 1 spiro atoms. The van der Waals surface area contributed by atoms with Gasteiger partial charge in [0.2, 0.25) is 0 Å². The normalized spacial score (nSPS) is 16.0. The number of fused-ring (bicyclic) bond motifs is 4. The second-order valence-corrected chi connectivity index (χ2v) is 8.03. The number of rotatable bonds is 4. The Bertz CT molecular complexity index is 1190. The van der Waals surface area contributed by atoms with Gasteiger partial charge in [-0.05, 0) is 30.3 Å². The number of carbonyl (C=O) groups is 2. The molecule has 7 heteroatoms. The minimum absolute atomic E-state index is 0.172. The lowest BCUT2D eigenvalue weighted by Crippen LogP contribution is -2.50. The SMILES string of the molecule is COc1cc(OC)c(C(=O)N2CCC3(CC2)Oc2ccccc2-n2cccc23)cc1C=O. The molecule has 1 fully saturated rings. The van der Waals surface area contributed by atoms with Crippen molar-refractivity contribution in [2.24, 2.45) is 0 Å². The van der Waals surface area contributed by atoms with Crippen LogP contribution in [-0.2, 0) is 5.60 Å². The Morgan fingerprint density at radius 2 is 1.78 bits per heavy atom. The maximum atomic E-state index is 13.4. The molecular formula is C25H24N2O5. The van der Waals surface area contributed by atoms with Gasteiger partial charge in [-0.3, -0.25) is 9.59 Å². The highest BCUT2D eigenvalue weighted by Crippen LogP contribution is 2.45. The monoisotopic (exact) mass is 432 g/mol. The molecule has 5 rings (SSSR count). The van der Waals surface area contributed by atoms with Gasteiger partial charge in [0.25, 0.3) is 5.91 Å². The molecule has 3 aromatic rings. The second-order valence-electron chi connectivity index (χ2n) is 8.03. The van der Waals surface area contributed by atoms with Gasteiger partial charge >= 0.3 is 0 Å². The Balaban J connectivity index is 1.42. The van der Waals surface area contributed by atoms with Gasteiger partial charge in [-0.15, -0.1) is 0 Å². The summed E-state index contributed by atoms with van der Waals surface area (Å²) in [6.07, 6.45) is 4.06. The zero-order valence-electron chi connectivity index (χ0n) is 18.0. The van der Waals surface area contributed by atoms with Crippen LogP contribution in [0.25, 0.3) is 5.69 Å². The molecule has 1 amide bonds. The average molecular weight is 432 g/mol. The Labute approximate surface area is 186 Å². The number of nitrogens with zero attached hydrogens (tertiary/aromatic N) is 2. The van der Waals surface area contributed by atoms with Gasteiger partial charge < -0.3 is 23.7 Å². The molecule has 2 aliphatic heterocycles. The summed E-state index contributed by atoms with van der Waals surface area (Å²) < 4.78 is 19.4. The van der Waals surface area contributed by atoms with Crippen molar-refractivity contribution in [2.75, 3.05) is 27.3 Å². The second kappa shape index (κ2) is 7.75. The first-order chi connectivity index (χ1) is 15.6. The lowest BCUT2D eigenvalue weighted by atomic mass is 9.86. The number of likely N-dealkylation sites (tertiary alicyclic amines) is 1.